The SMILES string of the molecule is c1ccc(-n2c3ccc(N(c4ccc(-c5cc6ccccc6c6ccccc56)cc4)c4cccc5oc6c7ccccc7ccc6c45)cc3c3c4ccccc4ccc32)cc1. The van der Waals surface area contributed by atoms with Gasteiger partial charge in [-0.25, -0.2) is 0 Å². The number of para-hydroxylation sites is 1. The first kappa shape index (κ1) is 33.8. The number of nitrogens with zero attached hydrogens (tertiary/aromatic N) is 2. The van der Waals surface area contributed by atoms with Crippen molar-refractivity contribution in [2.75, 3.05) is 4.90 Å². The number of furan rings is 1. The molecular weight excluding hydrogens is 741 g/mol. The summed E-state index contributed by atoms with van der Waals surface area (Å²) in [6.45, 7) is 0. The lowest BCUT2D eigenvalue weighted by atomic mass is 9.93. The topological polar surface area (TPSA) is 21.3 Å². The lowest BCUT2D eigenvalue weighted by Crippen LogP contribution is -2.10. The highest BCUT2D eigenvalue weighted by atomic mass is 16.3. The molecule has 13 rings (SSSR count). The van der Waals surface area contributed by atoms with E-state index < -0.39 is 0 Å². The molecule has 3 nitrogen and oxygen atoms in total. The first-order valence-electron chi connectivity index (χ1n) is 20.9. The van der Waals surface area contributed by atoms with Gasteiger partial charge in [0.15, 0.2) is 0 Å². The van der Waals surface area contributed by atoms with Gasteiger partial charge in [0.05, 0.1) is 22.1 Å². The summed E-state index contributed by atoms with van der Waals surface area (Å²) in [5.41, 5.74) is 10.9. The number of anilines is 3. The number of rotatable bonds is 5. The maximum absolute atomic E-state index is 6.78. The fourth-order valence-corrected chi connectivity index (χ4v) is 10.0. The predicted molar refractivity (Wildman–Crippen MR) is 258 cm³/mol. The van der Waals surface area contributed by atoms with Crippen LogP contribution in [0.5, 0.6) is 0 Å². The zero-order chi connectivity index (χ0) is 40.0. The third-order valence-electron chi connectivity index (χ3n) is 12.7. The predicted octanol–water partition coefficient (Wildman–Crippen LogP) is 16.4. The molecule has 0 atom stereocenters. The van der Waals surface area contributed by atoms with Crippen molar-refractivity contribution in [3.05, 3.63) is 218 Å². The van der Waals surface area contributed by atoms with Crippen molar-refractivity contribution in [3.63, 3.8) is 0 Å². The van der Waals surface area contributed by atoms with Crippen LogP contribution in [-0.4, -0.2) is 4.57 Å². The molecule has 0 saturated carbocycles. The van der Waals surface area contributed by atoms with Crippen molar-refractivity contribution in [1.29, 1.82) is 0 Å². The van der Waals surface area contributed by atoms with Crippen LogP contribution in [0.2, 0.25) is 0 Å². The largest absolute Gasteiger partial charge is 0.455 e. The highest BCUT2D eigenvalue weighted by molar-refractivity contribution is 6.23. The molecule has 0 unspecified atom stereocenters. The number of benzene rings is 11. The molecule has 0 saturated heterocycles. The van der Waals surface area contributed by atoms with Gasteiger partial charge in [-0.3, -0.25) is 0 Å². The molecule has 284 valence electrons. The van der Waals surface area contributed by atoms with Gasteiger partial charge < -0.3 is 13.9 Å². The third-order valence-corrected chi connectivity index (χ3v) is 12.7. The van der Waals surface area contributed by atoms with E-state index in [9.17, 15) is 0 Å². The quantitative estimate of drug-likeness (QED) is 0.162. The number of fused-ring (bicyclic) bond motifs is 13. The van der Waals surface area contributed by atoms with Gasteiger partial charge in [-0.1, -0.05) is 146 Å². The molecule has 0 radical (unpaired) electrons. The van der Waals surface area contributed by atoms with E-state index in [0.717, 1.165) is 55.5 Å². The first-order valence-corrected chi connectivity index (χ1v) is 20.9. The lowest BCUT2D eigenvalue weighted by molar-refractivity contribution is 0.672. The first-order chi connectivity index (χ1) is 30.3. The Morgan fingerprint density at radius 2 is 1.00 bits per heavy atom. The molecule has 0 spiro atoms. The highest BCUT2D eigenvalue weighted by Gasteiger charge is 2.23. The van der Waals surface area contributed by atoms with E-state index in [2.05, 4.69) is 228 Å². The average molecular weight is 777 g/mol. The second-order valence-corrected chi connectivity index (χ2v) is 16.0. The molecule has 11 aromatic carbocycles. The minimum absolute atomic E-state index is 0.862. The molecule has 0 amide bonds. The maximum Gasteiger partial charge on any atom is 0.143 e. The van der Waals surface area contributed by atoms with Crippen LogP contribution in [0, 0.1) is 0 Å². The van der Waals surface area contributed by atoms with Crippen molar-refractivity contribution >= 4 is 104 Å². The molecular formula is C58H36N2O. The molecule has 0 aliphatic heterocycles. The average Bonchev–Trinajstić information content (AvgIpc) is 3.89. The van der Waals surface area contributed by atoms with Crippen molar-refractivity contribution in [3.8, 4) is 16.8 Å². The van der Waals surface area contributed by atoms with E-state index in [0.29, 0.717) is 0 Å². The van der Waals surface area contributed by atoms with Gasteiger partial charge >= 0.3 is 0 Å². The van der Waals surface area contributed by atoms with Gasteiger partial charge in [-0.2, -0.15) is 0 Å². The second kappa shape index (κ2) is 13.2. The van der Waals surface area contributed by atoms with Gasteiger partial charge in [-0.05, 0) is 122 Å². The van der Waals surface area contributed by atoms with E-state index in [1.165, 1.54) is 65.3 Å². The normalized spacial score (nSPS) is 11.9. The zero-order valence-corrected chi connectivity index (χ0v) is 33.1. The van der Waals surface area contributed by atoms with Crippen molar-refractivity contribution in [2.45, 2.75) is 0 Å². The second-order valence-electron chi connectivity index (χ2n) is 16.0. The van der Waals surface area contributed by atoms with Gasteiger partial charge in [-0.15, -0.1) is 0 Å². The van der Waals surface area contributed by atoms with Crippen LogP contribution in [0.25, 0.3) is 104 Å². The molecule has 3 heteroatoms. The summed E-state index contributed by atoms with van der Waals surface area (Å²) in [5.74, 6) is 0. The highest BCUT2D eigenvalue weighted by Crippen LogP contribution is 2.47. The van der Waals surface area contributed by atoms with Gasteiger partial charge in [0, 0.05) is 38.6 Å². The molecule has 0 fully saturated rings. The Bertz CT molecular complexity index is 3880. The summed E-state index contributed by atoms with van der Waals surface area (Å²) in [6.07, 6.45) is 0. The standard InChI is InChI=1S/C58H36N2O/c1-2-16-41(17-3-1)60-52-34-31-43(36-51(52)56-45-19-8-4-13-37(45)28-33-54(56)60)59(53-23-12-24-55-57(53)49-32-27-38-14-5-9-20-46(38)58(49)61-55)42-29-25-39(26-30-42)50-35-40-15-6-7-18-44(40)47-21-10-11-22-48(47)50/h1-36H. The number of aromatic nitrogens is 1. The van der Waals surface area contributed by atoms with Crippen LogP contribution >= 0.6 is 0 Å². The van der Waals surface area contributed by atoms with Gasteiger partial charge in [0.1, 0.15) is 11.2 Å². The van der Waals surface area contributed by atoms with Crippen LogP contribution < -0.4 is 4.90 Å². The van der Waals surface area contributed by atoms with Gasteiger partial charge in [0.2, 0.25) is 0 Å². The Kier molecular flexibility index (Phi) is 7.31. The summed E-state index contributed by atoms with van der Waals surface area (Å²) in [6, 6.07) is 79.3. The van der Waals surface area contributed by atoms with Crippen molar-refractivity contribution < 1.29 is 4.42 Å². The summed E-state index contributed by atoms with van der Waals surface area (Å²) in [7, 11) is 0. The summed E-state index contributed by atoms with van der Waals surface area (Å²) in [4.78, 5) is 2.42. The van der Waals surface area contributed by atoms with Crippen LogP contribution in [0.4, 0.5) is 17.1 Å². The van der Waals surface area contributed by atoms with Crippen LogP contribution in [0.15, 0.2) is 223 Å². The summed E-state index contributed by atoms with van der Waals surface area (Å²) >= 11 is 0. The molecule has 61 heavy (non-hydrogen) atoms. The third kappa shape index (κ3) is 5.11. The monoisotopic (exact) mass is 776 g/mol. The van der Waals surface area contributed by atoms with Crippen LogP contribution in [-0.2, 0) is 0 Å². The van der Waals surface area contributed by atoms with Crippen LogP contribution in [0.1, 0.15) is 0 Å². The smallest absolute Gasteiger partial charge is 0.143 e. The fraction of sp³-hybridized carbons (Fsp3) is 0. The van der Waals surface area contributed by atoms with E-state index in [-0.39, 0.29) is 0 Å². The van der Waals surface area contributed by atoms with E-state index in [4.69, 9.17) is 4.42 Å². The van der Waals surface area contributed by atoms with Gasteiger partial charge in [0.25, 0.3) is 0 Å². The Hall–Kier alpha value is -8.14. The number of hydrogen-bond donors (Lipinski definition) is 0. The molecule has 2 heterocycles. The molecule has 0 aliphatic rings. The molecule has 0 bridgehead atoms. The van der Waals surface area contributed by atoms with Crippen LogP contribution in [0.3, 0.4) is 0 Å². The molecule has 0 N–H and O–H groups in total. The Morgan fingerprint density at radius 3 is 1.82 bits per heavy atom. The Morgan fingerprint density at radius 1 is 0.361 bits per heavy atom. The van der Waals surface area contributed by atoms with E-state index in [1.807, 2.05) is 0 Å². The molecule has 13 aromatic rings. The van der Waals surface area contributed by atoms with Crippen molar-refractivity contribution in [2.24, 2.45) is 0 Å². The van der Waals surface area contributed by atoms with Crippen molar-refractivity contribution in [1.82, 2.24) is 4.57 Å². The fourth-order valence-electron chi connectivity index (χ4n) is 10.0. The zero-order valence-electron chi connectivity index (χ0n) is 33.1. The Balaban J connectivity index is 1.08. The minimum atomic E-state index is 0.862. The lowest BCUT2D eigenvalue weighted by Gasteiger charge is -2.27. The molecule has 2 aromatic heterocycles. The molecule has 0 aliphatic carbocycles. The minimum Gasteiger partial charge on any atom is -0.455 e. The summed E-state index contributed by atoms with van der Waals surface area (Å²) < 4.78 is 9.19. The maximum atomic E-state index is 6.78. The Labute approximate surface area is 351 Å². The summed E-state index contributed by atoms with van der Waals surface area (Å²) in [5, 5.41) is 14.4. The number of hydrogen-bond acceptors (Lipinski definition) is 2. The van der Waals surface area contributed by atoms with E-state index in [1.54, 1.807) is 0 Å². The van der Waals surface area contributed by atoms with E-state index >= 15 is 0 Å².